The molecule has 1 amide bonds. The van der Waals surface area contributed by atoms with E-state index in [0.29, 0.717) is 6.04 Å². The van der Waals surface area contributed by atoms with Crippen LogP contribution in [0.5, 0.6) is 0 Å². The topological polar surface area (TPSA) is 41.1 Å². The number of hydrogen-bond donors (Lipinski definition) is 2. The lowest BCUT2D eigenvalue weighted by molar-refractivity contribution is -0.129. The molecule has 2 atom stereocenters. The number of carbonyl (C=O) groups is 1. The first-order valence-corrected chi connectivity index (χ1v) is 5.33. The third-order valence-electron chi connectivity index (χ3n) is 3.39. The zero-order valence-electron chi connectivity index (χ0n) is 8.23. The van der Waals surface area contributed by atoms with Crippen molar-refractivity contribution < 1.29 is 4.79 Å². The molecule has 74 valence electrons. The molecule has 0 aromatic heterocycles. The summed E-state index contributed by atoms with van der Waals surface area (Å²) in [6.07, 6.45) is 5.46. The Morgan fingerprint density at radius 1 is 1.54 bits per heavy atom. The second kappa shape index (κ2) is 3.29. The molecule has 0 aromatic carbocycles. The summed E-state index contributed by atoms with van der Waals surface area (Å²) in [7, 11) is 0. The summed E-state index contributed by atoms with van der Waals surface area (Å²) < 4.78 is 0. The number of nitrogens with one attached hydrogen (secondary N) is 2. The lowest BCUT2D eigenvalue weighted by atomic mass is 9.88. The highest BCUT2D eigenvalue weighted by Gasteiger charge is 2.45. The number of hydrogen-bond acceptors (Lipinski definition) is 2. The molecule has 0 aliphatic carbocycles. The number of piperidine rings is 1. The molecule has 3 nitrogen and oxygen atoms in total. The van der Waals surface area contributed by atoms with E-state index in [0.717, 1.165) is 38.6 Å². The average Bonchev–Trinajstić information content (AvgIpc) is 2.56. The van der Waals surface area contributed by atoms with Crippen LogP contribution in [0, 0.1) is 0 Å². The Balaban J connectivity index is 2.07. The SMILES string of the molecule is CC[C@H]1CC[C@@]2(CCCNC2=O)N1. The molecule has 2 N–H and O–H groups in total. The van der Waals surface area contributed by atoms with Crippen molar-refractivity contribution in [3.8, 4) is 0 Å². The number of rotatable bonds is 1. The smallest absolute Gasteiger partial charge is 0.240 e. The van der Waals surface area contributed by atoms with E-state index in [1.165, 1.54) is 0 Å². The standard InChI is InChI=1S/C10H18N2O/c1-2-8-4-6-10(12-8)5-3-7-11-9(10)13/h8,12H,2-7H2,1H3,(H,11,13)/t8-,10+/m0/s1. The Bertz CT molecular complexity index is 217. The van der Waals surface area contributed by atoms with Gasteiger partial charge in [0.1, 0.15) is 0 Å². The van der Waals surface area contributed by atoms with Crippen LogP contribution in [0.25, 0.3) is 0 Å². The van der Waals surface area contributed by atoms with Gasteiger partial charge in [0.05, 0.1) is 5.54 Å². The van der Waals surface area contributed by atoms with Gasteiger partial charge < -0.3 is 10.6 Å². The van der Waals surface area contributed by atoms with Crippen LogP contribution >= 0.6 is 0 Å². The van der Waals surface area contributed by atoms with Crippen LogP contribution in [0.3, 0.4) is 0 Å². The summed E-state index contributed by atoms with van der Waals surface area (Å²) >= 11 is 0. The van der Waals surface area contributed by atoms with Crippen LogP contribution in [-0.4, -0.2) is 24.0 Å². The van der Waals surface area contributed by atoms with Gasteiger partial charge in [-0.1, -0.05) is 6.92 Å². The minimum atomic E-state index is -0.196. The molecule has 13 heavy (non-hydrogen) atoms. The van der Waals surface area contributed by atoms with E-state index in [1.54, 1.807) is 0 Å². The fraction of sp³-hybridized carbons (Fsp3) is 0.900. The summed E-state index contributed by atoms with van der Waals surface area (Å²) in [6, 6.07) is 0.559. The molecule has 0 saturated carbocycles. The van der Waals surface area contributed by atoms with Gasteiger partial charge in [-0.05, 0) is 32.1 Å². The molecule has 1 spiro atoms. The molecule has 0 radical (unpaired) electrons. The summed E-state index contributed by atoms with van der Waals surface area (Å²) in [5.74, 6) is 0.231. The van der Waals surface area contributed by atoms with E-state index < -0.39 is 0 Å². The predicted octanol–water partition coefficient (Wildman–Crippen LogP) is 0.797. The van der Waals surface area contributed by atoms with E-state index in [4.69, 9.17) is 0 Å². The molecule has 2 rings (SSSR count). The largest absolute Gasteiger partial charge is 0.354 e. The van der Waals surface area contributed by atoms with Crippen LogP contribution in [0.2, 0.25) is 0 Å². The van der Waals surface area contributed by atoms with E-state index in [1.807, 2.05) is 0 Å². The molecule has 2 saturated heterocycles. The Hall–Kier alpha value is -0.570. The van der Waals surface area contributed by atoms with Gasteiger partial charge in [-0.15, -0.1) is 0 Å². The fourth-order valence-corrected chi connectivity index (χ4v) is 2.51. The summed E-state index contributed by atoms with van der Waals surface area (Å²) in [5, 5.41) is 6.45. The van der Waals surface area contributed by atoms with Gasteiger partial charge in [-0.2, -0.15) is 0 Å². The molecule has 3 heteroatoms. The number of amides is 1. The summed E-state index contributed by atoms with van der Waals surface area (Å²) in [4.78, 5) is 11.7. The molecular formula is C10H18N2O. The maximum atomic E-state index is 11.7. The van der Waals surface area contributed by atoms with Gasteiger partial charge in [0.15, 0.2) is 0 Å². The Morgan fingerprint density at radius 3 is 3.00 bits per heavy atom. The second-order valence-corrected chi connectivity index (χ2v) is 4.23. The first-order chi connectivity index (χ1) is 6.27. The maximum Gasteiger partial charge on any atom is 0.240 e. The first kappa shape index (κ1) is 9.00. The van der Waals surface area contributed by atoms with E-state index in [-0.39, 0.29) is 11.4 Å². The van der Waals surface area contributed by atoms with Gasteiger partial charge in [-0.3, -0.25) is 4.79 Å². The van der Waals surface area contributed by atoms with Gasteiger partial charge >= 0.3 is 0 Å². The Labute approximate surface area is 79.3 Å². The summed E-state index contributed by atoms with van der Waals surface area (Å²) in [6.45, 7) is 3.04. The minimum Gasteiger partial charge on any atom is -0.354 e. The highest BCUT2D eigenvalue weighted by Crippen LogP contribution is 2.31. The average molecular weight is 182 g/mol. The van der Waals surface area contributed by atoms with Gasteiger partial charge in [0.2, 0.25) is 5.91 Å². The van der Waals surface area contributed by atoms with E-state index >= 15 is 0 Å². The zero-order valence-corrected chi connectivity index (χ0v) is 8.23. The van der Waals surface area contributed by atoms with Crippen molar-refractivity contribution in [2.45, 2.75) is 50.6 Å². The predicted molar refractivity (Wildman–Crippen MR) is 51.4 cm³/mol. The first-order valence-electron chi connectivity index (χ1n) is 5.33. The second-order valence-electron chi connectivity index (χ2n) is 4.23. The Kier molecular flexibility index (Phi) is 2.28. The van der Waals surface area contributed by atoms with Crippen molar-refractivity contribution in [2.75, 3.05) is 6.54 Å². The highest BCUT2D eigenvalue weighted by atomic mass is 16.2. The van der Waals surface area contributed by atoms with Crippen LogP contribution in [-0.2, 0) is 4.79 Å². The normalized spacial score (nSPS) is 39.5. The van der Waals surface area contributed by atoms with E-state index in [2.05, 4.69) is 17.6 Å². The molecule has 2 heterocycles. The van der Waals surface area contributed by atoms with Crippen LogP contribution in [0.15, 0.2) is 0 Å². The third-order valence-corrected chi connectivity index (χ3v) is 3.39. The van der Waals surface area contributed by atoms with Crippen molar-refractivity contribution in [3.63, 3.8) is 0 Å². The quantitative estimate of drug-likeness (QED) is 0.629. The van der Waals surface area contributed by atoms with Gasteiger partial charge in [0.25, 0.3) is 0 Å². The zero-order chi connectivity index (χ0) is 9.31. The molecule has 2 fully saturated rings. The lowest BCUT2D eigenvalue weighted by Gasteiger charge is -2.33. The van der Waals surface area contributed by atoms with E-state index in [9.17, 15) is 4.79 Å². The fourth-order valence-electron chi connectivity index (χ4n) is 2.51. The van der Waals surface area contributed by atoms with Gasteiger partial charge in [-0.25, -0.2) is 0 Å². The highest BCUT2D eigenvalue weighted by molar-refractivity contribution is 5.87. The molecule has 0 unspecified atom stereocenters. The Morgan fingerprint density at radius 2 is 2.38 bits per heavy atom. The summed E-state index contributed by atoms with van der Waals surface area (Å²) in [5.41, 5.74) is -0.196. The third kappa shape index (κ3) is 1.46. The van der Waals surface area contributed by atoms with Crippen molar-refractivity contribution in [1.29, 1.82) is 0 Å². The van der Waals surface area contributed by atoms with Crippen molar-refractivity contribution in [3.05, 3.63) is 0 Å². The van der Waals surface area contributed by atoms with Crippen molar-refractivity contribution >= 4 is 5.91 Å². The monoisotopic (exact) mass is 182 g/mol. The van der Waals surface area contributed by atoms with Crippen LogP contribution in [0.4, 0.5) is 0 Å². The lowest BCUT2D eigenvalue weighted by Crippen LogP contribution is -2.58. The maximum absolute atomic E-state index is 11.7. The van der Waals surface area contributed by atoms with Gasteiger partial charge in [0, 0.05) is 12.6 Å². The van der Waals surface area contributed by atoms with Crippen molar-refractivity contribution in [2.24, 2.45) is 0 Å². The molecule has 2 aliphatic rings. The molecule has 0 bridgehead atoms. The number of carbonyl (C=O) groups excluding carboxylic acids is 1. The molecular weight excluding hydrogens is 164 g/mol. The molecule has 0 aromatic rings. The minimum absolute atomic E-state index is 0.196. The van der Waals surface area contributed by atoms with Crippen LogP contribution < -0.4 is 10.6 Å². The van der Waals surface area contributed by atoms with Crippen molar-refractivity contribution in [1.82, 2.24) is 10.6 Å². The molecule has 2 aliphatic heterocycles. The van der Waals surface area contributed by atoms with Crippen LogP contribution in [0.1, 0.15) is 39.0 Å².